The number of halogens is 1. The van der Waals surface area contributed by atoms with Crippen LogP contribution in [-0.4, -0.2) is 49.2 Å². The van der Waals surface area contributed by atoms with E-state index < -0.39 is 0 Å². The van der Waals surface area contributed by atoms with Gasteiger partial charge in [0, 0.05) is 11.4 Å². The lowest BCUT2D eigenvalue weighted by molar-refractivity contribution is 0.0983. The van der Waals surface area contributed by atoms with Crippen molar-refractivity contribution in [3.63, 3.8) is 0 Å². The number of hydrogen-bond donors (Lipinski definition) is 0. The van der Waals surface area contributed by atoms with E-state index in [0.717, 1.165) is 44.3 Å². The first-order valence-electron chi connectivity index (χ1n) is 9.38. The van der Waals surface area contributed by atoms with Crippen molar-refractivity contribution in [2.24, 2.45) is 0 Å². The number of hydrogen-bond acceptors (Lipinski definition) is 5. The number of fused-ring (bicyclic) bond motifs is 1. The second kappa shape index (κ2) is 10.4. The van der Waals surface area contributed by atoms with Crippen molar-refractivity contribution >= 4 is 56.8 Å². The van der Waals surface area contributed by atoms with Crippen molar-refractivity contribution in [2.45, 2.75) is 25.2 Å². The van der Waals surface area contributed by atoms with Crippen LogP contribution in [0.4, 0.5) is 5.13 Å². The Kier molecular flexibility index (Phi) is 8.52. The van der Waals surface area contributed by atoms with Gasteiger partial charge in [0.25, 0.3) is 5.91 Å². The van der Waals surface area contributed by atoms with Gasteiger partial charge in [-0.15, -0.1) is 24.2 Å². The number of benzene rings is 2. The van der Waals surface area contributed by atoms with Gasteiger partial charge in [0.15, 0.2) is 5.13 Å². The number of rotatable bonds is 7. The first-order valence-corrected chi connectivity index (χ1v) is 11.4. The van der Waals surface area contributed by atoms with Crippen molar-refractivity contribution in [1.82, 2.24) is 9.88 Å². The zero-order valence-corrected chi connectivity index (χ0v) is 20.0. The molecule has 3 aromatic rings. The lowest BCUT2D eigenvalue weighted by Gasteiger charge is -2.22. The summed E-state index contributed by atoms with van der Waals surface area (Å²) in [5, 5.41) is 0.781. The molecular weight excluding hydrogens is 422 g/mol. The monoisotopic (exact) mass is 449 g/mol. The summed E-state index contributed by atoms with van der Waals surface area (Å²) in [6.45, 7) is 5.76. The summed E-state index contributed by atoms with van der Waals surface area (Å²) in [4.78, 5) is 23.4. The Balaban J connectivity index is 0.00000300. The first kappa shape index (κ1) is 23.7. The van der Waals surface area contributed by atoms with E-state index in [4.69, 9.17) is 4.98 Å². The van der Waals surface area contributed by atoms with Gasteiger partial charge in [-0.2, -0.15) is 0 Å². The lowest BCUT2D eigenvalue weighted by Crippen LogP contribution is -2.33. The van der Waals surface area contributed by atoms with E-state index in [1.807, 2.05) is 35.4 Å². The third-order valence-corrected chi connectivity index (χ3v) is 6.44. The molecule has 0 fully saturated rings. The number of aryl methyl sites for hydroxylation is 2. The largest absolute Gasteiger partial charge is 0.309 e. The minimum atomic E-state index is 0. The Labute approximate surface area is 187 Å². The molecule has 0 saturated carbocycles. The molecule has 2 aromatic carbocycles. The summed E-state index contributed by atoms with van der Waals surface area (Å²) in [6.07, 6.45) is 2.90. The second-order valence-corrected chi connectivity index (χ2v) is 9.10. The highest BCUT2D eigenvalue weighted by atomic mass is 35.5. The summed E-state index contributed by atoms with van der Waals surface area (Å²) in [5.74, 6) is 0.0251. The molecular formula is C22H28ClN3OS2. The zero-order valence-electron chi connectivity index (χ0n) is 17.6. The highest BCUT2D eigenvalue weighted by Gasteiger charge is 2.23. The summed E-state index contributed by atoms with van der Waals surface area (Å²) in [5.41, 5.74) is 4.11. The summed E-state index contributed by atoms with van der Waals surface area (Å²) in [6, 6.07) is 12.1. The van der Waals surface area contributed by atoms with E-state index in [9.17, 15) is 4.79 Å². The minimum Gasteiger partial charge on any atom is -0.309 e. The molecule has 0 atom stereocenters. The maximum Gasteiger partial charge on any atom is 0.261 e. The molecule has 1 aromatic heterocycles. The van der Waals surface area contributed by atoms with Crippen molar-refractivity contribution < 1.29 is 4.79 Å². The minimum absolute atomic E-state index is 0. The van der Waals surface area contributed by atoms with Crippen LogP contribution in [0.2, 0.25) is 0 Å². The van der Waals surface area contributed by atoms with Crippen LogP contribution in [0.3, 0.4) is 0 Å². The lowest BCUT2D eigenvalue weighted by atomic mass is 10.1. The van der Waals surface area contributed by atoms with E-state index >= 15 is 0 Å². The molecule has 0 N–H and O–H groups in total. The molecule has 156 valence electrons. The van der Waals surface area contributed by atoms with Gasteiger partial charge >= 0.3 is 0 Å². The number of carbonyl (C=O) groups excluding carboxylic acids is 1. The van der Waals surface area contributed by atoms with Crippen molar-refractivity contribution in [1.29, 1.82) is 0 Å². The fraction of sp³-hybridized carbons (Fsp3) is 0.364. The fourth-order valence-electron chi connectivity index (χ4n) is 3.27. The van der Waals surface area contributed by atoms with Crippen LogP contribution >= 0.6 is 35.5 Å². The highest BCUT2D eigenvalue weighted by Crippen LogP contribution is 2.33. The highest BCUT2D eigenvalue weighted by molar-refractivity contribution is 7.98. The predicted molar refractivity (Wildman–Crippen MR) is 129 cm³/mol. The normalized spacial score (nSPS) is 11.0. The summed E-state index contributed by atoms with van der Waals surface area (Å²) >= 11 is 3.20. The van der Waals surface area contributed by atoms with Crippen molar-refractivity contribution in [2.75, 3.05) is 38.3 Å². The van der Waals surface area contributed by atoms with E-state index in [0.29, 0.717) is 6.54 Å². The Morgan fingerprint density at radius 1 is 1.14 bits per heavy atom. The second-order valence-electron chi connectivity index (χ2n) is 7.24. The van der Waals surface area contributed by atoms with Crippen LogP contribution in [-0.2, 0) is 0 Å². The van der Waals surface area contributed by atoms with Gasteiger partial charge in [0.05, 0.1) is 15.8 Å². The fourth-order valence-corrected chi connectivity index (χ4v) is 5.03. The number of carbonyl (C=O) groups is 1. The van der Waals surface area contributed by atoms with Gasteiger partial charge in [-0.05, 0) is 76.5 Å². The standard InChI is InChI=1S/C22H27N3OS2.ClH/c1-15-13-16(2)20-19(14-15)28-22(23-20)25(12-8-11-24(3)4)21(26)17-9-6-7-10-18(17)27-5;/h6-7,9-10,13-14H,8,11-12H2,1-5H3;1H. The quantitative estimate of drug-likeness (QED) is 0.436. The number of anilines is 1. The smallest absolute Gasteiger partial charge is 0.261 e. The number of amides is 1. The molecule has 0 radical (unpaired) electrons. The third-order valence-electron chi connectivity index (χ3n) is 4.62. The van der Waals surface area contributed by atoms with Crippen LogP contribution in [0.15, 0.2) is 41.3 Å². The van der Waals surface area contributed by atoms with Crippen LogP contribution in [0.1, 0.15) is 27.9 Å². The van der Waals surface area contributed by atoms with Gasteiger partial charge in [0.2, 0.25) is 0 Å². The van der Waals surface area contributed by atoms with E-state index in [2.05, 4.69) is 45.0 Å². The molecule has 0 aliphatic carbocycles. The Hall–Kier alpha value is -1.60. The van der Waals surface area contributed by atoms with Crippen molar-refractivity contribution in [3.05, 3.63) is 53.1 Å². The maximum atomic E-state index is 13.5. The van der Waals surface area contributed by atoms with Crippen LogP contribution in [0, 0.1) is 13.8 Å². The van der Waals surface area contributed by atoms with E-state index in [1.54, 1.807) is 23.1 Å². The zero-order chi connectivity index (χ0) is 20.3. The molecule has 0 unspecified atom stereocenters. The van der Waals surface area contributed by atoms with Gasteiger partial charge in [-0.3, -0.25) is 9.69 Å². The molecule has 3 rings (SSSR count). The summed E-state index contributed by atoms with van der Waals surface area (Å²) < 4.78 is 1.14. The predicted octanol–water partition coefficient (Wildman–Crippen LogP) is 5.66. The van der Waals surface area contributed by atoms with Crippen LogP contribution in [0.25, 0.3) is 10.2 Å². The molecule has 1 heterocycles. The average Bonchev–Trinajstić information content (AvgIpc) is 3.08. The molecule has 0 saturated heterocycles. The SMILES string of the molecule is CSc1ccccc1C(=O)N(CCCN(C)C)c1nc2c(C)cc(C)cc2s1.Cl. The van der Waals surface area contributed by atoms with Crippen molar-refractivity contribution in [3.8, 4) is 0 Å². The molecule has 0 aliphatic heterocycles. The number of thioether (sulfide) groups is 1. The summed E-state index contributed by atoms with van der Waals surface area (Å²) in [7, 11) is 4.11. The molecule has 1 amide bonds. The van der Waals surface area contributed by atoms with Gasteiger partial charge in [-0.1, -0.05) is 29.5 Å². The van der Waals surface area contributed by atoms with E-state index in [-0.39, 0.29) is 18.3 Å². The van der Waals surface area contributed by atoms with Gasteiger partial charge < -0.3 is 4.90 Å². The van der Waals surface area contributed by atoms with E-state index in [1.165, 1.54) is 5.56 Å². The Morgan fingerprint density at radius 3 is 2.55 bits per heavy atom. The number of nitrogens with zero attached hydrogens (tertiary/aromatic N) is 3. The Bertz CT molecular complexity index is 987. The first-order chi connectivity index (χ1) is 13.4. The molecule has 4 nitrogen and oxygen atoms in total. The Morgan fingerprint density at radius 2 is 1.86 bits per heavy atom. The van der Waals surface area contributed by atoms with Gasteiger partial charge in [-0.25, -0.2) is 4.98 Å². The average molecular weight is 450 g/mol. The van der Waals surface area contributed by atoms with Gasteiger partial charge in [0.1, 0.15) is 0 Å². The topological polar surface area (TPSA) is 36.4 Å². The number of aromatic nitrogens is 1. The molecule has 0 bridgehead atoms. The van der Waals surface area contributed by atoms with Crippen LogP contribution < -0.4 is 4.90 Å². The maximum absolute atomic E-state index is 13.5. The molecule has 7 heteroatoms. The third kappa shape index (κ3) is 5.51. The number of thiazole rings is 1. The molecule has 29 heavy (non-hydrogen) atoms. The molecule has 0 aliphatic rings. The van der Waals surface area contributed by atoms with Crippen LogP contribution in [0.5, 0.6) is 0 Å². The molecule has 0 spiro atoms.